The molecule has 0 unspecified atom stereocenters. The first-order chi connectivity index (χ1) is 17.6. The van der Waals surface area contributed by atoms with Gasteiger partial charge in [0.25, 0.3) is 5.56 Å². The molecule has 1 aliphatic heterocycles. The lowest BCUT2D eigenvalue weighted by Gasteiger charge is -2.18. The van der Waals surface area contributed by atoms with Crippen LogP contribution in [0.4, 0.5) is 0 Å². The summed E-state index contributed by atoms with van der Waals surface area (Å²) in [7, 11) is 0. The van der Waals surface area contributed by atoms with Crippen molar-refractivity contribution < 1.29 is 19.4 Å². The van der Waals surface area contributed by atoms with Crippen molar-refractivity contribution in [3.05, 3.63) is 119 Å². The summed E-state index contributed by atoms with van der Waals surface area (Å²) in [5.74, 6) is 0.0363. The number of ether oxygens (including phenoxy) is 2. The van der Waals surface area contributed by atoms with Crippen LogP contribution in [-0.2, 0) is 6.54 Å². The van der Waals surface area contributed by atoms with Crippen LogP contribution in [0.3, 0.4) is 0 Å². The first kappa shape index (κ1) is 21.7. The molecule has 0 spiro atoms. The van der Waals surface area contributed by atoms with Gasteiger partial charge in [0.2, 0.25) is 6.79 Å². The van der Waals surface area contributed by atoms with Crippen LogP contribution in [0, 0.1) is 0 Å². The second-order valence-electron chi connectivity index (χ2n) is 8.60. The predicted molar refractivity (Wildman–Crippen MR) is 138 cm³/mol. The highest BCUT2D eigenvalue weighted by Gasteiger charge is 2.24. The molecular weight excluding hydrogens is 454 g/mol. The van der Waals surface area contributed by atoms with Gasteiger partial charge in [0.15, 0.2) is 11.5 Å². The molecule has 36 heavy (non-hydrogen) atoms. The molecule has 0 fully saturated rings. The van der Waals surface area contributed by atoms with Gasteiger partial charge in [-0.3, -0.25) is 9.36 Å². The van der Waals surface area contributed by atoms with E-state index in [0.29, 0.717) is 27.8 Å². The first-order valence-corrected chi connectivity index (χ1v) is 11.5. The summed E-state index contributed by atoms with van der Waals surface area (Å²) in [6, 6.07) is 30.1. The fourth-order valence-electron chi connectivity index (χ4n) is 4.75. The summed E-state index contributed by atoms with van der Waals surface area (Å²) in [6.07, 6.45) is 0. The average Bonchev–Trinajstić information content (AvgIpc) is 3.38. The molecule has 2 heterocycles. The van der Waals surface area contributed by atoms with Crippen molar-refractivity contribution >= 4 is 16.7 Å². The van der Waals surface area contributed by atoms with Crippen molar-refractivity contribution in [1.82, 2.24) is 4.57 Å². The van der Waals surface area contributed by atoms with E-state index in [4.69, 9.17) is 9.47 Å². The van der Waals surface area contributed by atoms with Crippen molar-refractivity contribution in [1.29, 1.82) is 0 Å². The third-order valence-electron chi connectivity index (χ3n) is 6.42. The summed E-state index contributed by atoms with van der Waals surface area (Å²) in [6.45, 7) is 0.213. The normalized spacial score (nSPS) is 12.1. The SMILES string of the molecule is O=C(O)c1c(-c2ccccc2)c2cc(-c3ccccc3)ccc2c(=O)n1Cc1ccc2c(c1)OCO2. The summed E-state index contributed by atoms with van der Waals surface area (Å²) < 4.78 is 12.2. The number of pyridine rings is 1. The van der Waals surface area contributed by atoms with E-state index in [-0.39, 0.29) is 24.6 Å². The van der Waals surface area contributed by atoms with E-state index in [2.05, 4.69) is 0 Å². The summed E-state index contributed by atoms with van der Waals surface area (Å²) in [4.78, 5) is 26.5. The Bertz CT molecular complexity index is 1670. The Morgan fingerprint density at radius 3 is 2.17 bits per heavy atom. The molecule has 176 valence electrons. The van der Waals surface area contributed by atoms with Crippen molar-refractivity contribution in [3.63, 3.8) is 0 Å². The van der Waals surface area contributed by atoms with Gasteiger partial charge < -0.3 is 14.6 Å². The molecule has 1 N–H and O–H groups in total. The number of fused-ring (bicyclic) bond motifs is 2. The molecule has 1 aromatic heterocycles. The lowest BCUT2D eigenvalue weighted by molar-refractivity contribution is 0.0685. The topological polar surface area (TPSA) is 77.8 Å². The van der Waals surface area contributed by atoms with E-state index in [1.165, 1.54) is 4.57 Å². The molecule has 0 atom stereocenters. The monoisotopic (exact) mass is 475 g/mol. The third kappa shape index (κ3) is 3.69. The second kappa shape index (κ2) is 8.74. The number of carbonyl (C=O) groups is 1. The van der Waals surface area contributed by atoms with Crippen LogP contribution in [0.5, 0.6) is 11.5 Å². The van der Waals surface area contributed by atoms with Crippen LogP contribution >= 0.6 is 0 Å². The largest absolute Gasteiger partial charge is 0.477 e. The van der Waals surface area contributed by atoms with E-state index in [9.17, 15) is 14.7 Å². The summed E-state index contributed by atoms with van der Waals surface area (Å²) in [5.41, 5.74) is 3.45. The Labute approximate surface area is 206 Å². The summed E-state index contributed by atoms with van der Waals surface area (Å²) >= 11 is 0. The van der Waals surface area contributed by atoms with Crippen LogP contribution < -0.4 is 15.0 Å². The van der Waals surface area contributed by atoms with Gasteiger partial charge in [-0.25, -0.2) is 4.79 Å². The van der Waals surface area contributed by atoms with Gasteiger partial charge in [-0.1, -0.05) is 72.8 Å². The van der Waals surface area contributed by atoms with Crippen molar-refractivity contribution in [2.24, 2.45) is 0 Å². The second-order valence-corrected chi connectivity index (χ2v) is 8.60. The van der Waals surface area contributed by atoms with Gasteiger partial charge in [-0.05, 0) is 51.9 Å². The first-order valence-electron chi connectivity index (χ1n) is 11.5. The summed E-state index contributed by atoms with van der Waals surface area (Å²) in [5, 5.41) is 11.5. The Hall–Kier alpha value is -4.84. The smallest absolute Gasteiger partial charge is 0.353 e. The Morgan fingerprint density at radius 1 is 0.750 bits per heavy atom. The van der Waals surface area contributed by atoms with E-state index >= 15 is 0 Å². The quantitative estimate of drug-likeness (QED) is 0.347. The number of hydrogen-bond donors (Lipinski definition) is 1. The maximum atomic E-state index is 13.8. The molecule has 0 aliphatic carbocycles. The van der Waals surface area contributed by atoms with Crippen LogP contribution in [-0.4, -0.2) is 22.4 Å². The zero-order valence-corrected chi connectivity index (χ0v) is 19.2. The number of nitrogens with zero attached hydrogens (tertiary/aromatic N) is 1. The maximum absolute atomic E-state index is 13.8. The van der Waals surface area contributed by atoms with Crippen LogP contribution in [0.1, 0.15) is 16.1 Å². The zero-order chi connectivity index (χ0) is 24.6. The number of aromatic carboxylic acids is 1. The lowest BCUT2D eigenvalue weighted by atomic mass is 9.93. The molecule has 6 nitrogen and oxygen atoms in total. The van der Waals surface area contributed by atoms with E-state index in [0.717, 1.165) is 22.3 Å². The highest BCUT2D eigenvalue weighted by molar-refractivity contribution is 6.07. The van der Waals surface area contributed by atoms with Gasteiger partial charge in [-0.15, -0.1) is 0 Å². The molecule has 5 aromatic rings. The molecular formula is C30H21NO5. The average molecular weight is 476 g/mol. The number of hydrogen-bond acceptors (Lipinski definition) is 4. The molecule has 0 saturated heterocycles. The third-order valence-corrected chi connectivity index (χ3v) is 6.42. The van der Waals surface area contributed by atoms with Gasteiger partial charge in [0.1, 0.15) is 5.69 Å². The Morgan fingerprint density at radius 2 is 1.44 bits per heavy atom. The Kier molecular flexibility index (Phi) is 5.26. The minimum atomic E-state index is -1.17. The van der Waals surface area contributed by atoms with Gasteiger partial charge in [0, 0.05) is 10.9 Å². The molecule has 4 aromatic carbocycles. The standard InChI is InChI=1S/C30H21NO5/c32-29-23-13-12-22(20-7-3-1-4-8-20)16-24(23)27(21-9-5-2-6-10-21)28(30(33)34)31(29)17-19-11-14-25-26(15-19)36-18-35-25/h1-16H,17-18H2,(H,33,34). The molecule has 0 radical (unpaired) electrons. The van der Waals surface area contributed by atoms with Crippen molar-refractivity contribution in [3.8, 4) is 33.8 Å². The van der Waals surface area contributed by atoms with Gasteiger partial charge in [-0.2, -0.15) is 0 Å². The van der Waals surface area contributed by atoms with Crippen LogP contribution in [0.15, 0.2) is 102 Å². The molecule has 6 rings (SSSR count). The molecule has 6 heteroatoms. The molecule has 0 saturated carbocycles. The van der Waals surface area contributed by atoms with E-state index < -0.39 is 5.97 Å². The van der Waals surface area contributed by atoms with Crippen LogP contribution in [0.25, 0.3) is 33.0 Å². The van der Waals surface area contributed by atoms with E-state index in [1.54, 1.807) is 18.2 Å². The highest BCUT2D eigenvalue weighted by Crippen LogP contribution is 2.35. The van der Waals surface area contributed by atoms with Crippen molar-refractivity contribution in [2.75, 3.05) is 6.79 Å². The number of benzene rings is 4. The van der Waals surface area contributed by atoms with Crippen LogP contribution in [0.2, 0.25) is 0 Å². The minimum absolute atomic E-state index is 0.0541. The number of carboxylic acid groups (broad SMARTS) is 1. The molecule has 1 aliphatic rings. The molecule has 0 amide bonds. The fourth-order valence-corrected chi connectivity index (χ4v) is 4.75. The maximum Gasteiger partial charge on any atom is 0.353 e. The zero-order valence-electron chi connectivity index (χ0n) is 19.2. The highest BCUT2D eigenvalue weighted by atomic mass is 16.7. The number of aromatic nitrogens is 1. The fraction of sp³-hybridized carbons (Fsp3) is 0.0667. The Balaban J connectivity index is 1.64. The minimum Gasteiger partial charge on any atom is -0.477 e. The van der Waals surface area contributed by atoms with E-state index in [1.807, 2.05) is 78.9 Å². The molecule has 0 bridgehead atoms. The van der Waals surface area contributed by atoms with Crippen molar-refractivity contribution in [2.45, 2.75) is 6.54 Å². The number of carboxylic acids is 1. The number of rotatable bonds is 5. The van der Waals surface area contributed by atoms with Gasteiger partial charge in [0.05, 0.1) is 6.54 Å². The van der Waals surface area contributed by atoms with Gasteiger partial charge >= 0.3 is 5.97 Å². The lowest BCUT2D eigenvalue weighted by Crippen LogP contribution is -2.28. The predicted octanol–water partition coefficient (Wildman–Crippen LogP) is 5.81.